The van der Waals surface area contributed by atoms with Gasteiger partial charge in [-0.3, -0.25) is 0 Å². The average molecular weight is 337 g/mol. The van der Waals surface area contributed by atoms with Crippen molar-refractivity contribution in [2.24, 2.45) is 5.92 Å². The number of sulfonamides is 1. The second kappa shape index (κ2) is 6.62. The molecule has 0 aromatic heterocycles. The Morgan fingerprint density at radius 3 is 2.85 bits per heavy atom. The monoisotopic (exact) mass is 336 g/mol. The van der Waals surface area contributed by atoms with Crippen LogP contribution in [-0.4, -0.2) is 40.0 Å². The molecule has 7 heteroatoms. The molecule has 0 amide bonds. The summed E-state index contributed by atoms with van der Waals surface area (Å²) in [5, 5.41) is 0.537. The van der Waals surface area contributed by atoms with E-state index in [9.17, 15) is 8.42 Å². The predicted molar refractivity (Wildman–Crippen MR) is 81.9 cm³/mol. The number of piperidine rings is 1. The summed E-state index contributed by atoms with van der Waals surface area (Å²) < 4.78 is 27.2. The van der Waals surface area contributed by atoms with Crippen molar-refractivity contribution in [1.82, 2.24) is 9.62 Å². The Labute approximate surface area is 130 Å². The number of hydrogen-bond acceptors (Lipinski definition) is 3. The van der Waals surface area contributed by atoms with Gasteiger partial charge in [0.2, 0.25) is 10.0 Å². The number of benzene rings is 1. The lowest BCUT2D eigenvalue weighted by atomic mass is 9.99. The lowest BCUT2D eigenvalue weighted by molar-refractivity contribution is 0.211. The Hall–Kier alpha value is -0.330. The smallest absolute Gasteiger partial charge is 0.242 e. The van der Waals surface area contributed by atoms with Gasteiger partial charge in [0.25, 0.3) is 0 Å². The molecule has 0 aliphatic carbocycles. The van der Waals surface area contributed by atoms with Crippen LogP contribution in [0, 0.1) is 5.92 Å². The van der Waals surface area contributed by atoms with Crippen LogP contribution < -0.4 is 4.72 Å². The third-order valence-electron chi connectivity index (χ3n) is 3.47. The molecule has 20 heavy (non-hydrogen) atoms. The highest BCUT2D eigenvalue weighted by molar-refractivity contribution is 7.89. The first-order chi connectivity index (χ1) is 9.38. The van der Waals surface area contributed by atoms with Crippen molar-refractivity contribution in [3.05, 3.63) is 28.2 Å². The van der Waals surface area contributed by atoms with Crippen LogP contribution in [0.2, 0.25) is 10.0 Å². The molecule has 0 bridgehead atoms. The van der Waals surface area contributed by atoms with Gasteiger partial charge in [0.1, 0.15) is 4.90 Å². The lowest BCUT2D eigenvalue weighted by Gasteiger charge is -2.29. The Morgan fingerprint density at radius 2 is 2.15 bits per heavy atom. The largest absolute Gasteiger partial charge is 0.306 e. The molecule has 0 saturated carbocycles. The topological polar surface area (TPSA) is 49.4 Å². The molecule has 1 aliphatic rings. The highest BCUT2D eigenvalue weighted by Gasteiger charge is 2.22. The third kappa shape index (κ3) is 4.09. The van der Waals surface area contributed by atoms with Gasteiger partial charge in [-0.15, -0.1) is 0 Å². The zero-order chi connectivity index (χ0) is 14.8. The number of nitrogens with one attached hydrogen (secondary N) is 1. The van der Waals surface area contributed by atoms with Gasteiger partial charge in [-0.25, -0.2) is 13.1 Å². The molecule has 0 spiro atoms. The summed E-state index contributed by atoms with van der Waals surface area (Å²) in [6.45, 7) is 2.41. The summed E-state index contributed by atoms with van der Waals surface area (Å²) in [6, 6.07) is 4.44. The van der Waals surface area contributed by atoms with Crippen molar-refractivity contribution in [2.45, 2.75) is 17.7 Å². The fraction of sp³-hybridized carbons (Fsp3) is 0.538. The molecule has 0 unspecified atom stereocenters. The van der Waals surface area contributed by atoms with Crippen LogP contribution in [0.4, 0.5) is 0 Å². The molecule has 1 heterocycles. The number of nitrogens with zero attached hydrogens (tertiary/aromatic N) is 1. The van der Waals surface area contributed by atoms with Crippen molar-refractivity contribution in [3.63, 3.8) is 0 Å². The van der Waals surface area contributed by atoms with Crippen molar-refractivity contribution in [2.75, 3.05) is 26.7 Å². The minimum atomic E-state index is -3.62. The summed E-state index contributed by atoms with van der Waals surface area (Å²) in [4.78, 5) is 2.25. The highest BCUT2D eigenvalue weighted by atomic mass is 35.5. The molecular weight excluding hydrogens is 319 g/mol. The van der Waals surface area contributed by atoms with E-state index in [-0.39, 0.29) is 9.92 Å². The van der Waals surface area contributed by atoms with E-state index in [2.05, 4.69) is 16.7 Å². The molecule has 1 saturated heterocycles. The SMILES string of the molecule is CN1CCC[C@@H](CNS(=O)(=O)c2cc(Cl)ccc2Cl)C1. The fourth-order valence-electron chi connectivity index (χ4n) is 2.43. The summed E-state index contributed by atoms with van der Waals surface area (Å²) in [5.41, 5.74) is 0. The minimum absolute atomic E-state index is 0.0378. The summed E-state index contributed by atoms with van der Waals surface area (Å²) in [7, 11) is -1.57. The van der Waals surface area contributed by atoms with E-state index in [4.69, 9.17) is 23.2 Å². The second-order valence-corrected chi connectivity index (χ2v) is 7.78. The Morgan fingerprint density at radius 1 is 1.40 bits per heavy atom. The van der Waals surface area contributed by atoms with E-state index in [1.165, 1.54) is 12.1 Å². The van der Waals surface area contributed by atoms with Gasteiger partial charge in [-0.1, -0.05) is 23.2 Å². The van der Waals surface area contributed by atoms with Gasteiger partial charge < -0.3 is 4.90 Å². The van der Waals surface area contributed by atoms with Crippen LogP contribution in [0.1, 0.15) is 12.8 Å². The van der Waals surface area contributed by atoms with Crippen LogP contribution in [0.25, 0.3) is 0 Å². The first kappa shape index (κ1) is 16.0. The fourth-order valence-corrected chi connectivity index (χ4v) is 4.30. The van der Waals surface area contributed by atoms with Crippen molar-refractivity contribution in [3.8, 4) is 0 Å². The van der Waals surface area contributed by atoms with Crippen LogP contribution in [0.3, 0.4) is 0 Å². The van der Waals surface area contributed by atoms with Crippen molar-refractivity contribution < 1.29 is 8.42 Å². The molecule has 1 aliphatic heterocycles. The van der Waals surface area contributed by atoms with Gasteiger partial charge >= 0.3 is 0 Å². The molecule has 2 rings (SSSR count). The van der Waals surface area contributed by atoms with E-state index in [1.54, 1.807) is 6.07 Å². The molecule has 1 aromatic carbocycles. The Kier molecular flexibility index (Phi) is 5.31. The van der Waals surface area contributed by atoms with Crippen molar-refractivity contribution in [1.29, 1.82) is 0 Å². The van der Waals surface area contributed by atoms with Gasteiger partial charge in [-0.2, -0.15) is 0 Å². The number of halogens is 2. The molecule has 112 valence electrons. The number of likely N-dealkylation sites (tertiary alicyclic amines) is 1. The normalized spacial score (nSPS) is 21.1. The van der Waals surface area contributed by atoms with Crippen LogP contribution in [0.5, 0.6) is 0 Å². The molecule has 0 radical (unpaired) electrons. The highest BCUT2D eigenvalue weighted by Crippen LogP contribution is 2.25. The Balaban J connectivity index is 2.05. The maximum absolute atomic E-state index is 12.3. The first-order valence-electron chi connectivity index (χ1n) is 6.52. The standard InChI is InChI=1S/C13H18Cl2N2O2S/c1-17-6-2-3-10(9-17)8-16-20(18,19)13-7-11(14)4-5-12(13)15/h4-5,7,10,16H,2-3,6,8-9H2,1H3/t10-/m0/s1. The van der Waals surface area contributed by atoms with Gasteiger partial charge in [-0.05, 0) is 50.6 Å². The zero-order valence-electron chi connectivity index (χ0n) is 11.3. The minimum Gasteiger partial charge on any atom is -0.306 e. The van der Waals surface area contributed by atoms with E-state index in [1.807, 2.05) is 0 Å². The van der Waals surface area contributed by atoms with Gasteiger partial charge in [0.05, 0.1) is 5.02 Å². The van der Waals surface area contributed by atoms with E-state index < -0.39 is 10.0 Å². The van der Waals surface area contributed by atoms with Crippen LogP contribution in [-0.2, 0) is 10.0 Å². The van der Waals surface area contributed by atoms with E-state index in [0.717, 1.165) is 25.9 Å². The van der Waals surface area contributed by atoms with Crippen LogP contribution >= 0.6 is 23.2 Å². The quantitative estimate of drug-likeness (QED) is 0.919. The van der Waals surface area contributed by atoms with E-state index in [0.29, 0.717) is 17.5 Å². The number of hydrogen-bond donors (Lipinski definition) is 1. The first-order valence-corrected chi connectivity index (χ1v) is 8.75. The zero-order valence-corrected chi connectivity index (χ0v) is 13.6. The Bertz CT molecular complexity index is 578. The molecule has 1 aromatic rings. The summed E-state index contributed by atoms with van der Waals surface area (Å²) >= 11 is 11.8. The lowest BCUT2D eigenvalue weighted by Crippen LogP contribution is -2.39. The summed E-state index contributed by atoms with van der Waals surface area (Å²) in [5.74, 6) is 0.335. The van der Waals surface area contributed by atoms with Crippen molar-refractivity contribution >= 4 is 33.2 Å². The van der Waals surface area contributed by atoms with Gasteiger partial charge in [0.15, 0.2) is 0 Å². The second-order valence-electron chi connectivity index (χ2n) is 5.20. The average Bonchev–Trinajstić information content (AvgIpc) is 2.39. The molecule has 1 atom stereocenters. The summed E-state index contributed by atoms with van der Waals surface area (Å²) in [6.07, 6.45) is 2.14. The molecule has 1 fully saturated rings. The maximum Gasteiger partial charge on any atom is 0.242 e. The van der Waals surface area contributed by atoms with Crippen LogP contribution in [0.15, 0.2) is 23.1 Å². The molecule has 1 N–H and O–H groups in total. The molecule has 4 nitrogen and oxygen atoms in total. The maximum atomic E-state index is 12.3. The predicted octanol–water partition coefficient (Wildman–Crippen LogP) is 2.61. The van der Waals surface area contributed by atoms with Gasteiger partial charge in [0, 0.05) is 18.1 Å². The third-order valence-corrected chi connectivity index (χ3v) is 5.61. The van der Waals surface area contributed by atoms with E-state index >= 15 is 0 Å². The molecular formula is C13H18Cl2N2O2S. The number of rotatable bonds is 4.